The van der Waals surface area contributed by atoms with E-state index in [2.05, 4.69) is 0 Å². The Morgan fingerprint density at radius 3 is 2.25 bits per heavy atom. The molecule has 0 spiro atoms. The predicted octanol–water partition coefficient (Wildman–Crippen LogP) is 1.04. The van der Waals surface area contributed by atoms with Gasteiger partial charge < -0.3 is 14.1 Å². The molecule has 0 atom stereocenters. The van der Waals surface area contributed by atoms with Crippen LogP contribution in [-0.2, 0) is 14.9 Å². The summed E-state index contributed by atoms with van der Waals surface area (Å²) in [5.74, 6) is -0.275. The number of furan rings is 1. The Morgan fingerprint density at radius 2 is 1.75 bits per heavy atom. The van der Waals surface area contributed by atoms with E-state index in [1.54, 1.807) is 0 Å². The highest BCUT2D eigenvalue weighted by Gasteiger charge is 2.32. The van der Waals surface area contributed by atoms with Crippen LogP contribution in [0.2, 0.25) is 0 Å². The minimum Gasteiger partial charge on any atom is -0.464 e. The van der Waals surface area contributed by atoms with Crippen LogP contribution in [0, 0.1) is 13.8 Å². The van der Waals surface area contributed by atoms with E-state index in [1.807, 2.05) is 0 Å². The molecule has 2 heterocycles. The molecule has 1 aromatic heterocycles. The molecule has 0 saturated carbocycles. The molecule has 0 aromatic carbocycles. The zero-order valence-electron chi connectivity index (χ0n) is 11.1. The summed E-state index contributed by atoms with van der Waals surface area (Å²) in [6, 6.07) is 0. The van der Waals surface area contributed by atoms with Crippen molar-refractivity contribution in [2.45, 2.75) is 18.7 Å². The van der Waals surface area contributed by atoms with Crippen molar-refractivity contribution in [2.24, 2.45) is 0 Å². The third kappa shape index (κ3) is 3.14. The van der Waals surface area contributed by atoms with E-state index in [4.69, 9.17) is 9.15 Å². The molecule has 0 bridgehead atoms. The Hall–Kier alpha value is -1.09. The molecule has 1 aromatic rings. The van der Waals surface area contributed by atoms with E-state index < -0.39 is 20.9 Å². The molecule has 114 valence electrons. The first-order valence-corrected chi connectivity index (χ1v) is 7.21. The second-order valence-electron chi connectivity index (χ2n) is 4.30. The van der Waals surface area contributed by atoms with Crippen LogP contribution < -0.4 is 0 Å². The van der Waals surface area contributed by atoms with Gasteiger partial charge >= 0.3 is 0 Å². The number of carbonyl (C=O) groups excluding carboxylic acids is 1. The maximum absolute atomic E-state index is 12.3. The number of amides is 1. The van der Waals surface area contributed by atoms with Crippen LogP contribution in [-0.4, -0.2) is 50.1 Å². The summed E-state index contributed by atoms with van der Waals surface area (Å²) in [5.41, 5.74) is -0.0955. The highest BCUT2D eigenvalue weighted by atomic mass is 35.5. The van der Waals surface area contributed by atoms with Crippen molar-refractivity contribution in [2.75, 3.05) is 26.3 Å². The van der Waals surface area contributed by atoms with Crippen LogP contribution in [0.5, 0.6) is 0 Å². The quantitative estimate of drug-likeness (QED) is 0.816. The number of hydrogen-bond donors (Lipinski definition) is 1. The molecular weight excluding hydrogens is 310 g/mol. The molecule has 20 heavy (non-hydrogen) atoms. The van der Waals surface area contributed by atoms with Gasteiger partial charge in [0.05, 0.1) is 13.2 Å². The fraction of sp³-hybridized carbons (Fsp3) is 0.545. The third-order valence-electron chi connectivity index (χ3n) is 2.98. The summed E-state index contributed by atoms with van der Waals surface area (Å²) in [6.45, 7) is 4.47. The first kappa shape index (κ1) is 17.0. The minimum atomic E-state index is -4.50. The molecule has 1 aliphatic rings. The Labute approximate surface area is 123 Å². The van der Waals surface area contributed by atoms with E-state index >= 15 is 0 Å². The molecule has 0 aliphatic carbocycles. The molecule has 1 saturated heterocycles. The smallest absolute Gasteiger partial charge is 0.298 e. The zero-order valence-corrected chi connectivity index (χ0v) is 12.7. The van der Waals surface area contributed by atoms with Crippen LogP contribution in [0.25, 0.3) is 0 Å². The Morgan fingerprint density at radius 1 is 1.20 bits per heavy atom. The van der Waals surface area contributed by atoms with Gasteiger partial charge in [-0.1, -0.05) is 0 Å². The van der Waals surface area contributed by atoms with Gasteiger partial charge in [0.25, 0.3) is 16.0 Å². The highest BCUT2D eigenvalue weighted by molar-refractivity contribution is 7.86. The summed E-state index contributed by atoms with van der Waals surface area (Å²) in [4.78, 5) is 13.4. The molecule has 2 rings (SSSR count). The summed E-state index contributed by atoms with van der Waals surface area (Å²) >= 11 is 0. The minimum absolute atomic E-state index is 0. The van der Waals surface area contributed by atoms with Crippen molar-refractivity contribution >= 4 is 28.4 Å². The monoisotopic (exact) mass is 325 g/mol. The number of nitrogens with zero attached hydrogens (tertiary/aromatic N) is 1. The number of aryl methyl sites for hydroxylation is 2. The lowest BCUT2D eigenvalue weighted by Crippen LogP contribution is -2.41. The van der Waals surface area contributed by atoms with E-state index in [0.29, 0.717) is 26.3 Å². The number of carbonyl (C=O) groups is 1. The summed E-state index contributed by atoms with van der Waals surface area (Å²) < 4.78 is 42.3. The number of rotatable bonds is 2. The molecule has 1 aliphatic heterocycles. The molecule has 9 heteroatoms. The van der Waals surface area contributed by atoms with Crippen molar-refractivity contribution in [3.05, 3.63) is 17.1 Å². The van der Waals surface area contributed by atoms with Crippen molar-refractivity contribution in [1.29, 1.82) is 0 Å². The number of hydrogen-bond acceptors (Lipinski definition) is 5. The van der Waals surface area contributed by atoms with Gasteiger partial charge in [-0.25, -0.2) is 0 Å². The SMILES string of the molecule is Cc1oc(C)c(S(=O)(=O)O)c1C(=O)N1CCOCC1.Cl. The van der Waals surface area contributed by atoms with Gasteiger partial charge in [0.15, 0.2) is 0 Å². The molecule has 1 amide bonds. The largest absolute Gasteiger partial charge is 0.464 e. The normalized spacial score (nSPS) is 15.8. The van der Waals surface area contributed by atoms with Gasteiger partial charge in [0.2, 0.25) is 0 Å². The highest BCUT2D eigenvalue weighted by Crippen LogP contribution is 2.27. The van der Waals surface area contributed by atoms with Gasteiger partial charge in [-0.2, -0.15) is 8.42 Å². The standard InChI is InChI=1S/C11H15NO6S.ClH/c1-7-9(10(8(2)18-7)19(14,15)16)11(13)12-3-5-17-6-4-12;/h3-6H2,1-2H3,(H,14,15,16);1H. The molecule has 1 fully saturated rings. The zero-order chi connectivity index (χ0) is 14.2. The van der Waals surface area contributed by atoms with Gasteiger partial charge in [0, 0.05) is 13.1 Å². The Kier molecular flexibility index (Phi) is 5.20. The number of morpholine rings is 1. The van der Waals surface area contributed by atoms with Crippen LogP contribution in [0.4, 0.5) is 0 Å². The van der Waals surface area contributed by atoms with Crippen molar-refractivity contribution in [3.63, 3.8) is 0 Å². The maximum atomic E-state index is 12.3. The van der Waals surface area contributed by atoms with Crippen LogP contribution in [0.15, 0.2) is 9.31 Å². The summed E-state index contributed by atoms with van der Waals surface area (Å²) in [7, 11) is -4.50. The van der Waals surface area contributed by atoms with Crippen LogP contribution >= 0.6 is 12.4 Å². The van der Waals surface area contributed by atoms with Crippen molar-refractivity contribution in [3.8, 4) is 0 Å². The molecule has 7 nitrogen and oxygen atoms in total. The topological polar surface area (TPSA) is 97.1 Å². The second kappa shape index (κ2) is 6.13. The first-order chi connectivity index (χ1) is 8.82. The fourth-order valence-corrected chi connectivity index (χ4v) is 3.04. The van der Waals surface area contributed by atoms with E-state index in [9.17, 15) is 17.8 Å². The van der Waals surface area contributed by atoms with Gasteiger partial charge in [-0.3, -0.25) is 9.35 Å². The lowest BCUT2D eigenvalue weighted by atomic mass is 10.2. The van der Waals surface area contributed by atoms with Gasteiger partial charge in [-0.05, 0) is 13.8 Å². The van der Waals surface area contributed by atoms with Crippen LogP contribution in [0.1, 0.15) is 21.9 Å². The summed E-state index contributed by atoms with van der Waals surface area (Å²) in [5, 5.41) is 0. The van der Waals surface area contributed by atoms with Crippen molar-refractivity contribution < 1.29 is 26.9 Å². The van der Waals surface area contributed by atoms with E-state index in [1.165, 1.54) is 18.7 Å². The molecular formula is C11H16ClNO6S. The molecule has 0 radical (unpaired) electrons. The maximum Gasteiger partial charge on any atom is 0.298 e. The number of halogens is 1. The third-order valence-corrected chi connectivity index (χ3v) is 3.98. The Balaban J connectivity index is 0.00000200. The lowest BCUT2D eigenvalue weighted by Gasteiger charge is -2.26. The van der Waals surface area contributed by atoms with E-state index in [-0.39, 0.29) is 29.5 Å². The second-order valence-corrected chi connectivity index (χ2v) is 5.66. The molecule has 1 N–H and O–H groups in total. The van der Waals surface area contributed by atoms with Crippen LogP contribution in [0.3, 0.4) is 0 Å². The van der Waals surface area contributed by atoms with Gasteiger partial charge in [-0.15, -0.1) is 12.4 Å². The number of ether oxygens (including phenoxy) is 1. The predicted molar refractivity (Wildman–Crippen MR) is 72.0 cm³/mol. The summed E-state index contributed by atoms with van der Waals surface area (Å²) in [6.07, 6.45) is 0. The fourth-order valence-electron chi connectivity index (χ4n) is 2.15. The first-order valence-electron chi connectivity index (χ1n) is 5.77. The van der Waals surface area contributed by atoms with Gasteiger partial charge in [0.1, 0.15) is 22.0 Å². The Bertz CT molecular complexity index is 603. The van der Waals surface area contributed by atoms with Crippen molar-refractivity contribution in [1.82, 2.24) is 4.90 Å². The molecule has 0 unspecified atom stereocenters. The average molecular weight is 326 g/mol. The average Bonchev–Trinajstić information content (AvgIpc) is 2.64. The lowest BCUT2D eigenvalue weighted by molar-refractivity contribution is 0.0299. The van der Waals surface area contributed by atoms with E-state index in [0.717, 1.165) is 0 Å².